The van der Waals surface area contributed by atoms with E-state index in [1.54, 1.807) is 0 Å². The number of methoxy groups -OCH3 is 1. The Hall–Kier alpha value is -3.99. The van der Waals surface area contributed by atoms with E-state index in [1.165, 1.54) is 62.0 Å². The van der Waals surface area contributed by atoms with E-state index in [1.807, 2.05) is 0 Å². The van der Waals surface area contributed by atoms with Crippen LogP contribution in [-0.2, 0) is 9.53 Å². The monoisotopic (exact) mass is 476 g/mol. The summed E-state index contributed by atoms with van der Waals surface area (Å²) >= 11 is 6.29. The lowest BCUT2D eigenvalue weighted by atomic mass is 10.2. The second kappa shape index (κ2) is 9.65. The van der Waals surface area contributed by atoms with Crippen LogP contribution in [0.2, 0.25) is 5.15 Å². The highest BCUT2D eigenvalue weighted by Gasteiger charge is 2.27. The first-order valence-electron chi connectivity index (χ1n) is 9.47. The number of carbonyl (C=O) groups excluding carboxylic acids is 2. The van der Waals surface area contributed by atoms with Gasteiger partial charge in [-0.3, -0.25) is 14.9 Å². The first-order chi connectivity index (χ1) is 15.6. The molecule has 0 saturated carbocycles. The molecule has 1 atom stereocenters. The van der Waals surface area contributed by atoms with Crippen molar-refractivity contribution in [1.29, 1.82) is 0 Å². The molecule has 3 aromatic rings. The largest absolute Gasteiger partial charge is 0.496 e. The summed E-state index contributed by atoms with van der Waals surface area (Å²) in [4.78, 5) is 35.8. The van der Waals surface area contributed by atoms with E-state index in [0.717, 1.165) is 6.07 Å². The van der Waals surface area contributed by atoms with Gasteiger partial charge in [0.05, 0.1) is 29.5 Å². The number of benzene rings is 2. The molecule has 1 unspecified atom stereocenters. The summed E-state index contributed by atoms with van der Waals surface area (Å²) in [5.41, 5.74) is 0.0951. The number of ether oxygens (including phenoxy) is 2. The molecule has 1 heterocycles. The SMILES string of the molecule is COc1ccc(NC(=O)C(C)OC(=O)c2c(C)nn(-c3ccc(F)cc3)c2Cl)c([N+](=O)[O-])c1. The Kier molecular flexibility index (Phi) is 6.92. The molecule has 0 saturated heterocycles. The third-order valence-corrected chi connectivity index (χ3v) is 4.94. The van der Waals surface area contributed by atoms with E-state index in [0.29, 0.717) is 5.69 Å². The van der Waals surface area contributed by atoms with Gasteiger partial charge in [-0.15, -0.1) is 0 Å². The highest BCUT2D eigenvalue weighted by atomic mass is 35.5. The zero-order valence-corrected chi connectivity index (χ0v) is 18.4. The molecule has 172 valence electrons. The number of aryl methyl sites for hydroxylation is 1. The molecule has 0 aliphatic heterocycles. The minimum atomic E-state index is -1.32. The normalized spacial score (nSPS) is 11.5. The van der Waals surface area contributed by atoms with E-state index in [-0.39, 0.29) is 33.5 Å². The number of esters is 1. The van der Waals surface area contributed by atoms with Crippen LogP contribution in [0.1, 0.15) is 23.0 Å². The molecule has 12 heteroatoms. The Morgan fingerprint density at radius 1 is 1.24 bits per heavy atom. The zero-order valence-electron chi connectivity index (χ0n) is 17.7. The van der Waals surface area contributed by atoms with Gasteiger partial charge in [0, 0.05) is 0 Å². The topological polar surface area (TPSA) is 126 Å². The standard InChI is InChI=1S/C21H18ClFN4O6/c1-11-18(19(22)26(25-11)14-6-4-13(23)5-7-14)21(29)33-12(2)20(28)24-16-9-8-15(32-3)10-17(16)27(30)31/h4-10,12H,1-3H3,(H,24,28). The number of rotatable bonds is 7. The molecule has 0 spiro atoms. The summed E-state index contributed by atoms with van der Waals surface area (Å²) in [6.07, 6.45) is -1.32. The fourth-order valence-corrected chi connectivity index (χ4v) is 3.24. The third-order valence-electron chi connectivity index (χ3n) is 4.59. The predicted molar refractivity (Wildman–Crippen MR) is 116 cm³/mol. The van der Waals surface area contributed by atoms with Crippen LogP contribution in [0.15, 0.2) is 42.5 Å². The van der Waals surface area contributed by atoms with Gasteiger partial charge in [-0.05, 0) is 50.2 Å². The van der Waals surface area contributed by atoms with Crippen LogP contribution < -0.4 is 10.1 Å². The first-order valence-corrected chi connectivity index (χ1v) is 9.85. The van der Waals surface area contributed by atoms with E-state index >= 15 is 0 Å². The number of hydrogen-bond donors (Lipinski definition) is 1. The summed E-state index contributed by atoms with van der Waals surface area (Å²) in [7, 11) is 1.35. The number of amides is 1. The number of aromatic nitrogens is 2. The van der Waals surface area contributed by atoms with Crippen LogP contribution in [0.4, 0.5) is 15.8 Å². The van der Waals surface area contributed by atoms with Gasteiger partial charge < -0.3 is 14.8 Å². The average Bonchev–Trinajstić information content (AvgIpc) is 3.08. The molecule has 33 heavy (non-hydrogen) atoms. The predicted octanol–water partition coefficient (Wildman–Crippen LogP) is 4.07. The van der Waals surface area contributed by atoms with Crippen LogP contribution in [0.25, 0.3) is 5.69 Å². The van der Waals surface area contributed by atoms with E-state index in [2.05, 4.69) is 10.4 Å². The maximum absolute atomic E-state index is 13.2. The van der Waals surface area contributed by atoms with Crippen molar-refractivity contribution in [3.63, 3.8) is 0 Å². The van der Waals surface area contributed by atoms with Crippen molar-refractivity contribution < 1.29 is 28.4 Å². The second-order valence-electron chi connectivity index (χ2n) is 6.82. The van der Waals surface area contributed by atoms with Gasteiger partial charge in [-0.1, -0.05) is 11.6 Å². The number of nitrogens with zero attached hydrogens (tertiary/aromatic N) is 3. The second-order valence-corrected chi connectivity index (χ2v) is 7.17. The zero-order chi connectivity index (χ0) is 24.3. The maximum atomic E-state index is 13.2. The Labute approximate surface area is 192 Å². The van der Waals surface area contributed by atoms with Crippen LogP contribution in [0.5, 0.6) is 5.75 Å². The fraction of sp³-hybridized carbons (Fsp3) is 0.190. The Bertz CT molecular complexity index is 1230. The van der Waals surface area contributed by atoms with Crippen molar-refractivity contribution in [2.24, 2.45) is 0 Å². The van der Waals surface area contributed by atoms with Crippen molar-refractivity contribution in [1.82, 2.24) is 9.78 Å². The van der Waals surface area contributed by atoms with Crippen molar-refractivity contribution in [3.8, 4) is 11.4 Å². The number of halogens is 2. The number of nitrogens with one attached hydrogen (secondary N) is 1. The minimum absolute atomic E-state index is 0.0731. The lowest BCUT2D eigenvalue weighted by molar-refractivity contribution is -0.384. The van der Waals surface area contributed by atoms with Crippen molar-refractivity contribution in [2.45, 2.75) is 20.0 Å². The molecule has 2 aromatic carbocycles. The lowest BCUT2D eigenvalue weighted by Crippen LogP contribution is -2.30. The van der Waals surface area contributed by atoms with Gasteiger partial charge in [0.25, 0.3) is 11.6 Å². The molecular formula is C21H18ClFN4O6. The molecule has 1 amide bonds. The van der Waals surface area contributed by atoms with Crippen molar-refractivity contribution >= 4 is 34.9 Å². The number of carbonyl (C=O) groups is 2. The molecule has 0 radical (unpaired) electrons. The molecule has 3 rings (SSSR count). The average molecular weight is 477 g/mol. The van der Waals surface area contributed by atoms with Crippen LogP contribution in [-0.4, -0.2) is 39.8 Å². The fourth-order valence-electron chi connectivity index (χ4n) is 2.89. The van der Waals surface area contributed by atoms with Crippen molar-refractivity contribution in [3.05, 3.63) is 74.8 Å². The van der Waals surface area contributed by atoms with E-state index in [4.69, 9.17) is 21.1 Å². The van der Waals surface area contributed by atoms with E-state index in [9.17, 15) is 24.1 Å². The van der Waals surface area contributed by atoms with Gasteiger partial charge >= 0.3 is 5.97 Å². The summed E-state index contributed by atoms with van der Waals surface area (Å²) in [5.74, 6) is -1.92. The van der Waals surface area contributed by atoms with Gasteiger partial charge in [0.1, 0.15) is 28.0 Å². The van der Waals surface area contributed by atoms with Crippen LogP contribution >= 0.6 is 11.6 Å². The van der Waals surface area contributed by atoms with Gasteiger partial charge in [-0.25, -0.2) is 13.9 Å². The summed E-state index contributed by atoms with van der Waals surface area (Å²) in [5, 5.41) is 17.7. The van der Waals surface area contributed by atoms with Crippen LogP contribution in [0.3, 0.4) is 0 Å². The van der Waals surface area contributed by atoms with Crippen molar-refractivity contribution in [2.75, 3.05) is 12.4 Å². The number of nitro benzene ring substituents is 1. The molecule has 0 bridgehead atoms. The Morgan fingerprint density at radius 2 is 1.91 bits per heavy atom. The molecule has 0 fully saturated rings. The Balaban J connectivity index is 1.77. The smallest absolute Gasteiger partial charge is 0.344 e. The molecule has 10 nitrogen and oxygen atoms in total. The summed E-state index contributed by atoms with van der Waals surface area (Å²) < 4.78 is 24.6. The lowest BCUT2D eigenvalue weighted by Gasteiger charge is -2.14. The molecule has 1 N–H and O–H groups in total. The summed E-state index contributed by atoms with van der Waals surface area (Å²) in [6.45, 7) is 2.82. The number of hydrogen-bond acceptors (Lipinski definition) is 7. The van der Waals surface area contributed by atoms with Crippen LogP contribution in [0, 0.1) is 22.9 Å². The quantitative estimate of drug-likeness (QED) is 0.309. The first kappa shape index (κ1) is 23.7. The molecular weight excluding hydrogens is 459 g/mol. The molecule has 0 aliphatic rings. The van der Waals surface area contributed by atoms with Gasteiger partial charge in [0.2, 0.25) is 0 Å². The minimum Gasteiger partial charge on any atom is -0.496 e. The maximum Gasteiger partial charge on any atom is 0.344 e. The van der Waals surface area contributed by atoms with E-state index < -0.39 is 28.7 Å². The van der Waals surface area contributed by atoms with Gasteiger partial charge in [0.15, 0.2) is 6.10 Å². The number of anilines is 1. The highest BCUT2D eigenvalue weighted by molar-refractivity contribution is 6.33. The third kappa shape index (κ3) is 5.09. The van der Waals surface area contributed by atoms with Gasteiger partial charge in [-0.2, -0.15) is 5.10 Å². The highest BCUT2D eigenvalue weighted by Crippen LogP contribution is 2.29. The Morgan fingerprint density at radius 3 is 2.52 bits per heavy atom. The molecule has 0 aliphatic carbocycles. The summed E-state index contributed by atoms with van der Waals surface area (Å²) in [6, 6.07) is 9.18. The molecule has 1 aromatic heterocycles. The number of nitro groups is 1.